The smallest absolute Gasteiger partial charge is 0.323 e. The molecule has 7 nitrogen and oxygen atoms in total. The van der Waals surface area contributed by atoms with Crippen LogP contribution in [0.3, 0.4) is 0 Å². The first kappa shape index (κ1) is 18.3. The zero-order chi connectivity index (χ0) is 19.8. The summed E-state index contributed by atoms with van der Waals surface area (Å²) in [7, 11) is 0. The molecule has 2 aromatic carbocycles. The summed E-state index contributed by atoms with van der Waals surface area (Å²) in [5, 5.41) is 4.18. The van der Waals surface area contributed by atoms with Crippen molar-refractivity contribution in [3.8, 4) is 22.8 Å². The predicted octanol–water partition coefficient (Wildman–Crippen LogP) is 4.32. The monoisotopic (exact) mass is 453 g/mol. The van der Waals surface area contributed by atoms with E-state index in [4.69, 9.17) is 4.52 Å². The Kier molecular flexibility index (Phi) is 4.81. The largest absolute Gasteiger partial charge is 0.334 e. The van der Waals surface area contributed by atoms with E-state index in [1.165, 1.54) is 24.8 Å². The Morgan fingerprint density at radius 3 is 2.83 bits per heavy atom. The Morgan fingerprint density at radius 2 is 1.97 bits per heavy atom. The fourth-order valence-corrected chi connectivity index (χ4v) is 4.37. The van der Waals surface area contributed by atoms with E-state index >= 15 is 0 Å². The number of fused-ring (bicyclic) bond motifs is 1. The van der Waals surface area contributed by atoms with Gasteiger partial charge >= 0.3 is 5.69 Å². The SMILES string of the molecule is O=c1[nH]c2cc(Br)cc(-c3nc(-c4cccc(CN5CCCCC5)c4)no3)c2[nH]1. The fraction of sp³-hybridized carbons (Fsp3) is 0.286. The van der Waals surface area contributed by atoms with Crippen LogP contribution < -0.4 is 5.69 Å². The van der Waals surface area contributed by atoms with E-state index in [1.54, 1.807) is 0 Å². The van der Waals surface area contributed by atoms with Crippen LogP contribution in [0.25, 0.3) is 33.9 Å². The van der Waals surface area contributed by atoms with E-state index < -0.39 is 0 Å². The van der Waals surface area contributed by atoms with Crippen molar-refractivity contribution in [2.75, 3.05) is 13.1 Å². The van der Waals surface area contributed by atoms with Crippen LogP contribution in [-0.4, -0.2) is 38.1 Å². The molecule has 1 aliphatic heterocycles. The van der Waals surface area contributed by atoms with Crippen molar-refractivity contribution < 1.29 is 4.52 Å². The highest BCUT2D eigenvalue weighted by Crippen LogP contribution is 2.30. The Balaban J connectivity index is 1.46. The number of aromatic amines is 2. The average Bonchev–Trinajstić information content (AvgIpc) is 3.34. The third kappa shape index (κ3) is 3.77. The minimum Gasteiger partial charge on any atom is -0.334 e. The van der Waals surface area contributed by atoms with Gasteiger partial charge < -0.3 is 14.5 Å². The Labute approximate surface area is 175 Å². The van der Waals surface area contributed by atoms with Gasteiger partial charge in [0.1, 0.15) is 0 Å². The molecule has 2 N–H and O–H groups in total. The summed E-state index contributed by atoms with van der Waals surface area (Å²) in [6.45, 7) is 3.25. The number of piperidine rings is 1. The van der Waals surface area contributed by atoms with E-state index in [1.807, 2.05) is 24.3 Å². The van der Waals surface area contributed by atoms with Gasteiger partial charge in [-0.15, -0.1) is 0 Å². The van der Waals surface area contributed by atoms with Crippen LogP contribution in [0.5, 0.6) is 0 Å². The zero-order valence-corrected chi connectivity index (χ0v) is 17.3. The van der Waals surface area contributed by atoms with Crippen LogP contribution in [0, 0.1) is 0 Å². The van der Waals surface area contributed by atoms with Crippen molar-refractivity contribution in [3.05, 3.63) is 56.9 Å². The third-order valence-electron chi connectivity index (χ3n) is 5.29. The lowest BCUT2D eigenvalue weighted by Gasteiger charge is -2.26. The first-order valence-corrected chi connectivity index (χ1v) is 10.5. The number of H-pyrrole nitrogens is 2. The molecular weight excluding hydrogens is 434 g/mol. The number of likely N-dealkylation sites (tertiary alicyclic amines) is 1. The van der Waals surface area contributed by atoms with Gasteiger partial charge in [0.25, 0.3) is 5.89 Å². The van der Waals surface area contributed by atoms with E-state index in [0.717, 1.165) is 29.7 Å². The second-order valence-corrected chi connectivity index (χ2v) is 8.33. The first-order chi connectivity index (χ1) is 14.2. The molecule has 0 amide bonds. The van der Waals surface area contributed by atoms with Crippen molar-refractivity contribution in [2.45, 2.75) is 25.8 Å². The molecule has 0 saturated carbocycles. The molecule has 0 radical (unpaired) electrons. The summed E-state index contributed by atoms with van der Waals surface area (Å²) in [6, 6.07) is 12.0. The molecule has 4 aromatic rings. The standard InChI is InChI=1S/C21H20BrN5O2/c22-15-10-16(18-17(11-15)23-21(28)24-18)20-25-19(26-29-20)14-6-4-5-13(9-14)12-27-7-2-1-3-8-27/h4-6,9-11H,1-3,7-8,12H2,(H2,23,24,28). The predicted molar refractivity (Wildman–Crippen MR) is 114 cm³/mol. The number of aromatic nitrogens is 4. The number of hydrogen-bond donors (Lipinski definition) is 2. The first-order valence-electron chi connectivity index (χ1n) is 9.73. The van der Waals surface area contributed by atoms with E-state index in [0.29, 0.717) is 28.3 Å². The maximum absolute atomic E-state index is 11.7. The molecule has 1 aliphatic rings. The lowest BCUT2D eigenvalue weighted by atomic mass is 10.1. The van der Waals surface area contributed by atoms with E-state index in [-0.39, 0.29) is 5.69 Å². The molecular formula is C21H20BrN5O2. The molecule has 8 heteroatoms. The summed E-state index contributed by atoms with van der Waals surface area (Å²) < 4.78 is 6.36. The number of hydrogen-bond acceptors (Lipinski definition) is 5. The molecule has 1 saturated heterocycles. The van der Waals surface area contributed by atoms with Crippen LogP contribution >= 0.6 is 15.9 Å². The van der Waals surface area contributed by atoms with Gasteiger partial charge in [-0.25, -0.2) is 4.79 Å². The lowest BCUT2D eigenvalue weighted by molar-refractivity contribution is 0.221. The van der Waals surface area contributed by atoms with Gasteiger partial charge in [0.15, 0.2) is 0 Å². The molecule has 0 aliphatic carbocycles. The van der Waals surface area contributed by atoms with Crippen molar-refractivity contribution in [1.82, 2.24) is 25.0 Å². The van der Waals surface area contributed by atoms with Gasteiger partial charge in [0.05, 0.1) is 16.6 Å². The molecule has 148 valence electrons. The van der Waals surface area contributed by atoms with Gasteiger partial charge in [0, 0.05) is 16.6 Å². The molecule has 5 rings (SSSR count). The third-order valence-corrected chi connectivity index (χ3v) is 5.74. The topological polar surface area (TPSA) is 90.8 Å². The lowest BCUT2D eigenvalue weighted by Crippen LogP contribution is -2.29. The molecule has 0 spiro atoms. The zero-order valence-electron chi connectivity index (χ0n) is 15.7. The number of imidazole rings is 1. The summed E-state index contributed by atoms with van der Waals surface area (Å²) in [6.07, 6.45) is 3.88. The van der Waals surface area contributed by atoms with Crippen LogP contribution in [0.15, 0.2) is 50.2 Å². The summed E-state index contributed by atoms with van der Waals surface area (Å²) >= 11 is 3.47. The molecule has 0 unspecified atom stereocenters. The minimum atomic E-state index is -0.274. The van der Waals surface area contributed by atoms with Crippen LogP contribution in [-0.2, 0) is 6.54 Å². The maximum Gasteiger partial charge on any atom is 0.323 e. The van der Waals surface area contributed by atoms with Gasteiger partial charge in [0.2, 0.25) is 5.82 Å². The number of rotatable bonds is 4. The van der Waals surface area contributed by atoms with Crippen LogP contribution in [0.2, 0.25) is 0 Å². The van der Waals surface area contributed by atoms with E-state index in [2.05, 4.69) is 53.1 Å². The Hall–Kier alpha value is -2.71. The highest BCUT2D eigenvalue weighted by Gasteiger charge is 2.17. The number of nitrogens with zero attached hydrogens (tertiary/aromatic N) is 3. The second kappa shape index (κ2) is 7.61. The Morgan fingerprint density at radius 1 is 1.10 bits per heavy atom. The summed E-state index contributed by atoms with van der Waals surface area (Å²) in [5.74, 6) is 0.898. The maximum atomic E-state index is 11.7. The molecule has 1 fully saturated rings. The van der Waals surface area contributed by atoms with Crippen LogP contribution in [0.4, 0.5) is 0 Å². The molecule has 29 heavy (non-hydrogen) atoms. The van der Waals surface area contributed by atoms with Gasteiger partial charge in [-0.1, -0.05) is 45.7 Å². The Bertz CT molecular complexity index is 1220. The van der Waals surface area contributed by atoms with E-state index in [9.17, 15) is 4.79 Å². The molecule has 3 heterocycles. The number of halogens is 1. The van der Waals surface area contributed by atoms with Crippen molar-refractivity contribution in [1.29, 1.82) is 0 Å². The van der Waals surface area contributed by atoms with Gasteiger partial charge in [-0.05, 0) is 49.7 Å². The van der Waals surface area contributed by atoms with Crippen molar-refractivity contribution in [3.63, 3.8) is 0 Å². The summed E-state index contributed by atoms with van der Waals surface area (Å²) in [5.41, 5.74) is 3.90. The van der Waals surface area contributed by atoms with Gasteiger partial charge in [-0.2, -0.15) is 4.98 Å². The van der Waals surface area contributed by atoms with Gasteiger partial charge in [-0.3, -0.25) is 4.90 Å². The van der Waals surface area contributed by atoms with Crippen molar-refractivity contribution in [2.24, 2.45) is 0 Å². The molecule has 0 atom stereocenters. The average molecular weight is 454 g/mol. The normalized spacial score (nSPS) is 15.2. The summed E-state index contributed by atoms with van der Waals surface area (Å²) in [4.78, 5) is 24.3. The van der Waals surface area contributed by atoms with Crippen LogP contribution in [0.1, 0.15) is 24.8 Å². The number of benzene rings is 2. The number of nitrogens with one attached hydrogen (secondary N) is 2. The van der Waals surface area contributed by atoms with Crippen molar-refractivity contribution >= 4 is 27.0 Å². The highest BCUT2D eigenvalue weighted by atomic mass is 79.9. The second-order valence-electron chi connectivity index (χ2n) is 7.42. The molecule has 2 aromatic heterocycles. The minimum absolute atomic E-state index is 0.274. The fourth-order valence-electron chi connectivity index (χ4n) is 3.91. The molecule has 0 bridgehead atoms. The highest BCUT2D eigenvalue weighted by molar-refractivity contribution is 9.10. The quantitative estimate of drug-likeness (QED) is 0.479.